The molecule has 1 aromatic carbocycles. The van der Waals surface area contributed by atoms with Crippen molar-refractivity contribution in [3.05, 3.63) is 35.9 Å². The number of hydrogen-bond acceptors (Lipinski definition) is 5. The topological polar surface area (TPSA) is 61.8 Å². The Kier molecular flexibility index (Phi) is 9.71. The Labute approximate surface area is 137 Å². The van der Waals surface area contributed by atoms with Gasteiger partial charge < -0.3 is 14.2 Å². The van der Waals surface area contributed by atoms with Gasteiger partial charge in [0, 0.05) is 19.4 Å². The quantitative estimate of drug-likeness (QED) is 0.463. The van der Waals surface area contributed by atoms with Crippen molar-refractivity contribution in [1.29, 1.82) is 0 Å². The first-order valence-electron chi connectivity index (χ1n) is 8.08. The summed E-state index contributed by atoms with van der Waals surface area (Å²) in [5.74, 6) is -0.696. The highest BCUT2D eigenvalue weighted by Gasteiger charge is 2.19. The third-order valence-corrected chi connectivity index (χ3v) is 3.30. The lowest BCUT2D eigenvalue weighted by atomic mass is 9.98. The van der Waals surface area contributed by atoms with E-state index in [0.717, 1.165) is 5.56 Å². The van der Waals surface area contributed by atoms with Gasteiger partial charge in [-0.2, -0.15) is 0 Å². The number of carbonyl (C=O) groups excluding carboxylic acids is 2. The molecule has 0 saturated heterocycles. The van der Waals surface area contributed by atoms with Gasteiger partial charge in [0.05, 0.1) is 19.8 Å². The molecule has 0 bridgehead atoms. The molecule has 0 aromatic heterocycles. The molecule has 5 nitrogen and oxygen atoms in total. The molecule has 0 heterocycles. The van der Waals surface area contributed by atoms with Crippen LogP contribution in [0.4, 0.5) is 0 Å². The van der Waals surface area contributed by atoms with Crippen LogP contribution in [0.1, 0.15) is 38.7 Å². The predicted octanol–water partition coefficient (Wildman–Crippen LogP) is 3.12. The lowest BCUT2D eigenvalue weighted by Gasteiger charge is -2.15. The predicted molar refractivity (Wildman–Crippen MR) is 86.7 cm³/mol. The second-order valence-corrected chi connectivity index (χ2v) is 5.21. The maximum atomic E-state index is 11.6. The minimum atomic E-state index is -0.287. The molecule has 1 aromatic rings. The van der Waals surface area contributed by atoms with Crippen LogP contribution in [0.3, 0.4) is 0 Å². The molecule has 0 unspecified atom stereocenters. The van der Waals surface area contributed by atoms with Gasteiger partial charge in [-0.15, -0.1) is 0 Å². The fourth-order valence-corrected chi connectivity index (χ4v) is 2.20. The van der Waals surface area contributed by atoms with E-state index in [-0.39, 0.29) is 30.7 Å². The number of esters is 2. The maximum Gasteiger partial charge on any atom is 0.306 e. The lowest BCUT2D eigenvalue weighted by Crippen LogP contribution is -2.18. The number of carbonyl (C=O) groups is 2. The molecule has 0 fully saturated rings. The van der Waals surface area contributed by atoms with Gasteiger partial charge in [-0.3, -0.25) is 9.59 Å². The summed E-state index contributed by atoms with van der Waals surface area (Å²) in [5.41, 5.74) is 1.10. The third kappa shape index (κ3) is 8.98. The molecule has 0 N–H and O–H groups in total. The monoisotopic (exact) mass is 322 g/mol. The van der Waals surface area contributed by atoms with E-state index >= 15 is 0 Å². The zero-order valence-corrected chi connectivity index (χ0v) is 14.0. The molecule has 1 rings (SSSR count). The second-order valence-electron chi connectivity index (χ2n) is 5.21. The van der Waals surface area contributed by atoms with E-state index in [2.05, 4.69) is 0 Å². The molecular formula is C18H26O5. The first-order valence-corrected chi connectivity index (χ1v) is 8.08. The average Bonchev–Trinajstić information content (AvgIpc) is 2.53. The van der Waals surface area contributed by atoms with Crippen molar-refractivity contribution >= 4 is 11.9 Å². The number of benzene rings is 1. The fraction of sp³-hybridized carbons (Fsp3) is 0.556. The highest BCUT2D eigenvalue weighted by atomic mass is 16.5. The van der Waals surface area contributed by atoms with Gasteiger partial charge in [-0.05, 0) is 31.7 Å². The Balaban J connectivity index is 2.38. The highest BCUT2D eigenvalue weighted by Crippen LogP contribution is 2.16. The van der Waals surface area contributed by atoms with Crippen LogP contribution in [0.5, 0.6) is 0 Å². The number of ether oxygens (including phenoxy) is 3. The van der Waals surface area contributed by atoms with Crippen molar-refractivity contribution in [2.24, 2.45) is 5.92 Å². The van der Waals surface area contributed by atoms with E-state index in [9.17, 15) is 9.59 Å². The average molecular weight is 322 g/mol. The van der Waals surface area contributed by atoms with E-state index in [1.54, 1.807) is 13.8 Å². The van der Waals surface area contributed by atoms with Crippen LogP contribution in [-0.2, 0) is 30.4 Å². The molecule has 0 amide bonds. The highest BCUT2D eigenvalue weighted by molar-refractivity contribution is 5.73. The van der Waals surface area contributed by atoms with Crippen LogP contribution < -0.4 is 0 Å². The zero-order chi connectivity index (χ0) is 16.9. The molecule has 0 aliphatic carbocycles. The smallest absolute Gasteiger partial charge is 0.306 e. The van der Waals surface area contributed by atoms with Gasteiger partial charge in [0.2, 0.25) is 0 Å². The van der Waals surface area contributed by atoms with Crippen molar-refractivity contribution < 1.29 is 23.8 Å². The first-order chi connectivity index (χ1) is 11.2. The SMILES string of the molecule is CCOC(=O)CC(CCOCc1ccccc1)CC(=O)OCC. The second kappa shape index (κ2) is 11.7. The Morgan fingerprint density at radius 1 is 0.957 bits per heavy atom. The van der Waals surface area contributed by atoms with Crippen LogP contribution in [0.15, 0.2) is 30.3 Å². The Bertz CT molecular complexity index is 438. The van der Waals surface area contributed by atoms with Gasteiger partial charge in [0.25, 0.3) is 0 Å². The molecule has 0 radical (unpaired) electrons. The Morgan fingerprint density at radius 2 is 1.52 bits per heavy atom. The van der Waals surface area contributed by atoms with Crippen LogP contribution >= 0.6 is 0 Å². The Hall–Kier alpha value is -1.88. The minimum absolute atomic E-state index is 0.121. The van der Waals surface area contributed by atoms with Crippen molar-refractivity contribution in [3.63, 3.8) is 0 Å². The molecule has 0 spiro atoms. The van der Waals surface area contributed by atoms with Gasteiger partial charge in [0.1, 0.15) is 0 Å². The summed E-state index contributed by atoms with van der Waals surface area (Å²) >= 11 is 0. The summed E-state index contributed by atoms with van der Waals surface area (Å²) in [6.07, 6.45) is 1.03. The molecule has 128 valence electrons. The summed E-state index contributed by atoms with van der Waals surface area (Å²) in [5, 5.41) is 0. The summed E-state index contributed by atoms with van der Waals surface area (Å²) in [6, 6.07) is 9.87. The third-order valence-electron chi connectivity index (χ3n) is 3.30. The van der Waals surface area contributed by atoms with E-state index in [4.69, 9.17) is 14.2 Å². The maximum absolute atomic E-state index is 11.6. The molecule has 0 aliphatic heterocycles. The van der Waals surface area contributed by atoms with Gasteiger partial charge in [-0.1, -0.05) is 30.3 Å². The summed E-state index contributed by atoms with van der Waals surface area (Å²) < 4.78 is 15.5. The standard InChI is InChI=1S/C18H26O5/c1-3-22-17(19)12-16(13-18(20)23-4-2)10-11-21-14-15-8-6-5-7-9-15/h5-9,16H,3-4,10-14H2,1-2H3. The van der Waals surface area contributed by atoms with Crippen LogP contribution in [0.2, 0.25) is 0 Å². The van der Waals surface area contributed by atoms with Crippen molar-refractivity contribution in [2.75, 3.05) is 19.8 Å². The Morgan fingerprint density at radius 3 is 2.04 bits per heavy atom. The largest absolute Gasteiger partial charge is 0.466 e. The van der Waals surface area contributed by atoms with Crippen LogP contribution in [0, 0.1) is 5.92 Å². The summed E-state index contributed by atoms with van der Waals surface area (Å²) in [6.45, 7) is 5.22. The van der Waals surface area contributed by atoms with Crippen molar-refractivity contribution in [2.45, 2.75) is 39.7 Å². The molecular weight excluding hydrogens is 296 g/mol. The van der Waals surface area contributed by atoms with Gasteiger partial charge >= 0.3 is 11.9 Å². The zero-order valence-electron chi connectivity index (χ0n) is 14.0. The molecule has 0 saturated carbocycles. The molecule has 23 heavy (non-hydrogen) atoms. The molecule has 5 heteroatoms. The van der Waals surface area contributed by atoms with Gasteiger partial charge in [0.15, 0.2) is 0 Å². The first kappa shape index (κ1) is 19.2. The number of rotatable bonds is 11. The van der Waals surface area contributed by atoms with Crippen LogP contribution in [-0.4, -0.2) is 31.8 Å². The fourth-order valence-electron chi connectivity index (χ4n) is 2.20. The molecule has 0 atom stereocenters. The van der Waals surface area contributed by atoms with Crippen molar-refractivity contribution in [3.8, 4) is 0 Å². The van der Waals surface area contributed by atoms with E-state index in [0.29, 0.717) is 32.8 Å². The van der Waals surface area contributed by atoms with E-state index in [1.165, 1.54) is 0 Å². The number of hydrogen-bond donors (Lipinski definition) is 0. The minimum Gasteiger partial charge on any atom is -0.466 e. The molecule has 0 aliphatic rings. The summed E-state index contributed by atoms with van der Waals surface area (Å²) in [4.78, 5) is 23.3. The van der Waals surface area contributed by atoms with Gasteiger partial charge in [-0.25, -0.2) is 0 Å². The van der Waals surface area contributed by atoms with Crippen molar-refractivity contribution in [1.82, 2.24) is 0 Å². The van der Waals surface area contributed by atoms with E-state index < -0.39 is 0 Å². The summed E-state index contributed by atoms with van der Waals surface area (Å²) in [7, 11) is 0. The lowest BCUT2D eigenvalue weighted by molar-refractivity contribution is -0.147. The normalized spacial score (nSPS) is 10.6. The van der Waals surface area contributed by atoms with E-state index in [1.807, 2.05) is 30.3 Å². The van der Waals surface area contributed by atoms with Crippen LogP contribution in [0.25, 0.3) is 0 Å².